The lowest BCUT2D eigenvalue weighted by Gasteiger charge is -2.21. The molecule has 17 heavy (non-hydrogen) atoms. The zero-order chi connectivity index (χ0) is 13.1. The van der Waals surface area contributed by atoms with Crippen molar-refractivity contribution in [1.82, 2.24) is 0 Å². The maximum Gasteiger partial charge on any atom is 0.304 e. The van der Waals surface area contributed by atoms with Gasteiger partial charge in [-0.15, -0.1) is 0 Å². The van der Waals surface area contributed by atoms with Gasteiger partial charge in [0, 0.05) is 20.9 Å². The standard InChI is InChI=1S/C14H22O2Si/c1-11(10-17(3,4)5)14(16-12(2)15)9-8-13-6-7-13/h13-14H,1,6-7,10H2,2-5H3. The average Bonchev–Trinajstić information content (AvgIpc) is 2.91. The Balaban J connectivity index is 2.65. The van der Waals surface area contributed by atoms with E-state index < -0.39 is 14.2 Å². The van der Waals surface area contributed by atoms with Crippen LogP contribution in [0.4, 0.5) is 0 Å². The first-order chi connectivity index (χ1) is 7.78. The molecule has 0 bridgehead atoms. The summed E-state index contributed by atoms with van der Waals surface area (Å²) in [6.45, 7) is 12.3. The fourth-order valence-corrected chi connectivity index (χ4v) is 3.12. The molecule has 94 valence electrons. The summed E-state index contributed by atoms with van der Waals surface area (Å²) in [6.07, 6.45) is 1.96. The summed E-state index contributed by atoms with van der Waals surface area (Å²) in [5, 5.41) is 0. The number of carbonyl (C=O) groups is 1. The van der Waals surface area contributed by atoms with Gasteiger partial charge in [-0.1, -0.05) is 38.1 Å². The maximum atomic E-state index is 11.1. The molecule has 1 aliphatic rings. The molecular weight excluding hydrogens is 228 g/mol. The van der Waals surface area contributed by atoms with E-state index in [2.05, 4.69) is 38.1 Å². The molecule has 0 amide bonds. The minimum Gasteiger partial charge on any atom is -0.445 e. The van der Waals surface area contributed by atoms with Crippen molar-refractivity contribution in [2.75, 3.05) is 0 Å². The van der Waals surface area contributed by atoms with Gasteiger partial charge < -0.3 is 4.74 Å². The average molecular weight is 250 g/mol. The van der Waals surface area contributed by atoms with Gasteiger partial charge in [-0.05, 0) is 24.5 Å². The molecule has 0 saturated heterocycles. The molecule has 0 aliphatic heterocycles. The molecule has 0 heterocycles. The van der Waals surface area contributed by atoms with Crippen molar-refractivity contribution in [3.63, 3.8) is 0 Å². The Morgan fingerprint density at radius 2 is 2.06 bits per heavy atom. The normalized spacial score (nSPS) is 16.7. The molecule has 0 aromatic carbocycles. The first kappa shape index (κ1) is 14.0. The summed E-state index contributed by atoms with van der Waals surface area (Å²) < 4.78 is 5.25. The monoisotopic (exact) mass is 250 g/mol. The molecule has 2 nitrogen and oxygen atoms in total. The smallest absolute Gasteiger partial charge is 0.304 e. The molecule has 1 rings (SSSR count). The molecule has 0 radical (unpaired) electrons. The van der Waals surface area contributed by atoms with Crippen LogP contribution < -0.4 is 0 Å². The van der Waals surface area contributed by atoms with Gasteiger partial charge in [-0.25, -0.2) is 0 Å². The van der Waals surface area contributed by atoms with Gasteiger partial charge in [0.2, 0.25) is 0 Å². The quantitative estimate of drug-likeness (QED) is 0.331. The number of rotatable bonds is 4. The van der Waals surface area contributed by atoms with Crippen molar-refractivity contribution in [3.05, 3.63) is 12.2 Å². The zero-order valence-electron chi connectivity index (χ0n) is 11.3. The SMILES string of the molecule is C=C(C[Si](C)(C)C)C(C#CC1CC1)OC(C)=O. The molecular formula is C14H22O2Si. The van der Waals surface area contributed by atoms with Crippen LogP contribution in [0.15, 0.2) is 12.2 Å². The van der Waals surface area contributed by atoms with E-state index in [0.29, 0.717) is 5.92 Å². The summed E-state index contributed by atoms with van der Waals surface area (Å²) in [5.41, 5.74) is 0.951. The number of esters is 1. The Hall–Kier alpha value is -1.01. The van der Waals surface area contributed by atoms with Crippen molar-refractivity contribution in [2.45, 2.75) is 51.6 Å². The van der Waals surface area contributed by atoms with Crippen LogP contribution in [0.5, 0.6) is 0 Å². The second-order valence-electron chi connectivity index (χ2n) is 5.95. The van der Waals surface area contributed by atoms with E-state index in [1.165, 1.54) is 19.8 Å². The molecule has 1 atom stereocenters. The molecule has 1 aliphatic carbocycles. The summed E-state index contributed by atoms with van der Waals surface area (Å²) in [5.74, 6) is 6.46. The Bertz CT molecular complexity index is 364. The molecule has 0 N–H and O–H groups in total. The third-order valence-corrected chi connectivity index (χ3v) is 3.92. The highest BCUT2D eigenvalue weighted by atomic mass is 28.3. The number of ether oxygens (including phenoxy) is 1. The zero-order valence-corrected chi connectivity index (χ0v) is 12.3. The maximum absolute atomic E-state index is 11.1. The van der Waals surface area contributed by atoms with Gasteiger partial charge in [0.15, 0.2) is 6.10 Å². The molecule has 1 saturated carbocycles. The Labute approximate surface area is 105 Å². The fraction of sp³-hybridized carbons (Fsp3) is 0.643. The van der Waals surface area contributed by atoms with Crippen molar-refractivity contribution in [3.8, 4) is 11.8 Å². The fourth-order valence-electron chi connectivity index (χ4n) is 1.58. The molecule has 0 spiro atoms. The van der Waals surface area contributed by atoms with Gasteiger partial charge in [0.05, 0.1) is 0 Å². The van der Waals surface area contributed by atoms with Crippen molar-refractivity contribution >= 4 is 14.0 Å². The first-order valence-electron chi connectivity index (χ1n) is 6.14. The van der Waals surface area contributed by atoms with Crippen LogP contribution >= 0.6 is 0 Å². The third kappa shape index (κ3) is 6.33. The molecule has 1 unspecified atom stereocenters. The minimum absolute atomic E-state index is 0.281. The lowest BCUT2D eigenvalue weighted by atomic mass is 10.2. The van der Waals surface area contributed by atoms with Crippen molar-refractivity contribution < 1.29 is 9.53 Å². The van der Waals surface area contributed by atoms with E-state index in [9.17, 15) is 4.79 Å². The van der Waals surface area contributed by atoms with Crippen molar-refractivity contribution in [2.24, 2.45) is 5.92 Å². The highest BCUT2D eigenvalue weighted by Gasteiger charge is 2.22. The van der Waals surface area contributed by atoms with Crippen LogP contribution in [0, 0.1) is 17.8 Å². The second-order valence-corrected chi connectivity index (χ2v) is 11.4. The van der Waals surface area contributed by atoms with Crippen LogP contribution in [0.3, 0.4) is 0 Å². The topological polar surface area (TPSA) is 26.3 Å². The number of carbonyl (C=O) groups excluding carboxylic acids is 1. The van der Waals surface area contributed by atoms with Crippen LogP contribution in [-0.4, -0.2) is 20.1 Å². The number of hydrogen-bond acceptors (Lipinski definition) is 2. The summed E-state index contributed by atoms with van der Waals surface area (Å²) in [6, 6.07) is 0.949. The molecule has 3 heteroatoms. The van der Waals surface area contributed by atoms with Gasteiger partial charge in [-0.2, -0.15) is 0 Å². The third-order valence-electron chi connectivity index (χ3n) is 2.41. The number of hydrogen-bond donors (Lipinski definition) is 0. The Kier molecular flexibility index (Phi) is 4.59. The highest BCUT2D eigenvalue weighted by molar-refractivity contribution is 6.76. The van der Waals surface area contributed by atoms with Gasteiger partial charge in [0.25, 0.3) is 0 Å². The molecule has 0 aromatic rings. The van der Waals surface area contributed by atoms with E-state index >= 15 is 0 Å². The molecule has 0 aromatic heterocycles. The largest absolute Gasteiger partial charge is 0.445 e. The van der Waals surface area contributed by atoms with Crippen LogP contribution in [-0.2, 0) is 9.53 Å². The second kappa shape index (κ2) is 5.55. The first-order valence-corrected chi connectivity index (χ1v) is 9.84. The van der Waals surface area contributed by atoms with Gasteiger partial charge >= 0.3 is 5.97 Å². The van der Waals surface area contributed by atoms with E-state index in [-0.39, 0.29) is 5.97 Å². The predicted octanol–water partition coefficient (Wildman–Crippen LogP) is 3.23. The van der Waals surface area contributed by atoms with Gasteiger partial charge in [-0.3, -0.25) is 4.79 Å². The summed E-state index contributed by atoms with van der Waals surface area (Å²) >= 11 is 0. The van der Waals surface area contributed by atoms with Crippen LogP contribution in [0.25, 0.3) is 0 Å². The highest BCUT2D eigenvalue weighted by Crippen LogP contribution is 2.28. The lowest BCUT2D eigenvalue weighted by Crippen LogP contribution is -2.25. The van der Waals surface area contributed by atoms with E-state index in [1.807, 2.05) is 0 Å². The Morgan fingerprint density at radius 3 is 2.47 bits per heavy atom. The predicted molar refractivity (Wildman–Crippen MR) is 73.3 cm³/mol. The summed E-state index contributed by atoms with van der Waals surface area (Å²) in [7, 11) is -1.23. The summed E-state index contributed by atoms with van der Waals surface area (Å²) in [4.78, 5) is 11.1. The Morgan fingerprint density at radius 1 is 1.47 bits per heavy atom. The minimum atomic E-state index is -1.23. The van der Waals surface area contributed by atoms with E-state index in [0.717, 1.165) is 11.6 Å². The van der Waals surface area contributed by atoms with E-state index in [4.69, 9.17) is 4.74 Å². The lowest BCUT2D eigenvalue weighted by molar-refractivity contribution is -0.142. The van der Waals surface area contributed by atoms with Crippen LogP contribution in [0.1, 0.15) is 19.8 Å². The van der Waals surface area contributed by atoms with Crippen molar-refractivity contribution in [1.29, 1.82) is 0 Å². The molecule has 1 fully saturated rings. The van der Waals surface area contributed by atoms with E-state index in [1.54, 1.807) is 0 Å². The van der Waals surface area contributed by atoms with Crippen LogP contribution in [0.2, 0.25) is 25.7 Å². The van der Waals surface area contributed by atoms with Gasteiger partial charge in [0.1, 0.15) is 0 Å².